The maximum absolute atomic E-state index is 13.1. The monoisotopic (exact) mass is 442 g/mol. The van der Waals surface area contributed by atoms with Gasteiger partial charge in [0.25, 0.3) is 5.56 Å². The number of H-pyrrole nitrogens is 1. The molecule has 3 aromatic rings. The number of benzene rings is 2. The number of nitrogens with one attached hydrogen (secondary N) is 1. The maximum Gasteiger partial charge on any atom is 0.254 e. The maximum atomic E-state index is 13.1. The minimum atomic E-state index is -0.0533. The van der Waals surface area contributed by atoms with Gasteiger partial charge in [-0.25, -0.2) is 4.98 Å². The fraction of sp³-hybridized carbons (Fsp3) is 0.370. The second-order valence-corrected chi connectivity index (χ2v) is 8.48. The van der Waals surface area contributed by atoms with E-state index in [9.17, 15) is 10.1 Å². The normalized spacial score (nSPS) is 15.2. The van der Waals surface area contributed by atoms with Crippen molar-refractivity contribution in [3.05, 3.63) is 87.1 Å². The van der Waals surface area contributed by atoms with Crippen molar-refractivity contribution in [3.8, 4) is 17.2 Å². The smallest absolute Gasteiger partial charge is 0.254 e. The molecule has 170 valence electrons. The van der Waals surface area contributed by atoms with Crippen LogP contribution in [0.15, 0.2) is 53.3 Å². The van der Waals surface area contributed by atoms with Crippen LogP contribution in [0.2, 0.25) is 0 Å². The molecular weight excluding hydrogens is 412 g/mol. The highest BCUT2D eigenvalue weighted by atomic mass is 16.5. The number of hydrogen-bond acceptors (Lipinski definition) is 5. The lowest BCUT2D eigenvalue weighted by molar-refractivity contribution is 0.0188. The van der Waals surface area contributed by atoms with Gasteiger partial charge >= 0.3 is 0 Å². The Morgan fingerprint density at radius 1 is 1.15 bits per heavy atom. The van der Waals surface area contributed by atoms with Crippen molar-refractivity contribution in [1.82, 2.24) is 14.9 Å². The second-order valence-electron chi connectivity index (χ2n) is 8.48. The fourth-order valence-electron chi connectivity index (χ4n) is 4.41. The van der Waals surface area contributed by atoms with E-state index in [-0.39, 0.29) is 11.6 Å². The van der Waals surface area contributed by atoms with Gasteiger partial charge in [0.15, 0.2) is 0 Å². The molecule has 1 saturated heterocycles. The average molecular weight is 443 g/mol. The minimum Gasteiger partial charge on any atom is -0.379 e. The van der Waals surface area contributed by atoms with E-state index in [1.54, 1.807) is 0 Å². The molecule has 2 aromatic carbocycles. The third-order valence-electron chi connectivity index (χ3n) is 6.27. The van der Waals surface area contributed by atoms with E-state index in [2.05, 4.69) is 29.8 Å². The third kappa shape index (κ3) is 5.22. The van der Waals surface area contributed by atoms with Crippen molar-refractivity contribution in [1.29, 1.82) is 5.26 Å². The number of aromatic amines is 1. The van der Waals surface area contributed by atoms with Crippen LogP contribution in [0.3, 0.4) is 0 Å². The molecule has 0 aliphatic carbocycles. The van der Waals surface area contributed by atoms with E-state index >= 15 is 0 Å². The molecule has 0 amide bonds. The van der Waals surface area contributed by atoms with Crippen molar-refractivity contribution < 1.29 is 4.74 Å². The number of nitrogens with zero attached hydrogens (tertiary/aromatic N) is 3. The van der Waals surface area contributed by atoms with E-state index < -0.39 is 0 Å². The molecule has 0 spiro atoms. The highest BCUT2D eigenvalue weighted by Crippen LogP contribution is 2.26. The number of morpholine rings is 1. The van der Waals surface area contributed by atoms with E-state index in [4.69, 9.17) is 9.72 Å². The molecule has 4 rings (SSSR count). The Bertz CT molecular complexity index is 1190. The van der Waals surface area contributed by atoms with Gasteiger partial charge in [0.2, 0.25) is 0 Å². The summed E-state index contributed by atoms with van der Waals surface area (Å²) in [5.74, 6) is 0.754. The zero-order valence-corrected chi connectivity index (χ0v) is 19.3. The summed E-state index contributed by atoms with van der Waals surface area (Å²) < 4.78 is 5.51. The van der Waals surface area contributed by atoms with Gasteiger partial charge in [-0.05, 0) is 36.1 Å². The van der Waals surface area contributed by atoms with Gasteiger partial charge in [-0.15, -0.1) is 0 Å². The standard InChI is InChI=1S/C27H30N4O2/c1-3-6-25-29-26(19(2)31-13-15-33-16-14-31)24(27(32)30-25)17-20-9-11-21(12-10-20)23-8-5-4-7-22(23)18-28/h4-5,7-12,19H,3,6,13-17H2,1-2H3,(H,29,30,32). The SMILES string of the molecule is CCCc1nc(C(C)N2CCOCC2)c(Cc2ccc(-c3ccccc3C#N)cc2)c(=O)[nH]1. The molecular formula is C27H30N4O2. The number of rotatable bonds is 7. The van der Waals surface area contributed by atoms with Gasteiger partial charge in [-0.1, -0.05) is 49.4 Å². The summed E-state index contributed by atoms with van der Waals surface area (Å²) in [6.07, 6.45) is 2.20. The Hall–Kier alpha value is -3.27. The van der Waals surface area contributed by atoms with Crippen molar-refractivity contribution in [2.75, 3.05) is 26.3 Å². The topological polar surface area (TPSA) is 82.0 Å². The molecule has 1 aromatic heterocycles. The van der Waals surface area contributed by atoms with Crippen LogP contribution in [0.25, 0.3) is 11.1 Å². The number of aryl methyl sites for hydroxylation is 1. The van der Waals surface area contributed by atoms with Gasteiger partial charge < -0.3 is 9.72 Å². The van der Waals surface area contributed by atoms with Crippen LogP contribution >= 0.6 is 0 Å². The number of aromatic nitrogens is 2. The quantitative estimate of drug-likeness (QED) is 0.592. The van der Waals surface area contributed by atoms with E-state index in [0.717, 1.165) is 59.7 Å². The first-order chi connectivity index (χ1) is 16.1. The molecule has 1 N–H and O–H groups in total. The first-order valence-corrected chi connectivity index (χ1v) is 11.6. The predicted octanol–water partition coefficient (Wildman–Crippen LogP) is 4.25. The summed E-state index contributed by atoms with van der Waals surface area (Å²) in [5.41, 5.74) is 5.13. The molecule has 2 heterocycles. The lowest BCUT2D eigenvalue weighted by Gasteiger charge is -2.32. The Morgan fingerprint density at radius 2 is 1.88 bits per heavy atom. The van der Waals surface area contributed by atoms with Crippen LogP contribution in [0, 0.1) is 11.3 Å². The van der Waals surface area contributed by atoms with Crippen LogP contribution < -0.4 is 5.56 Å². The zero-order valence-electron chi connectivity index (χ0n) is 19.3. The van der Waals surface area contributed by atoms with Gasteiger partial charge in [0, 0.05) is 37.5 Å². The molecule has 1 aliphatic heterocycles. The Labute approximate surface area is 194 Å². The molecule has 1 unspecified atom stereocenters. The van der Waals surface area contributed by atoms with Crippen LogP contribution in [0.5, 0.6) is 0 Å². The average Bonchev–Trinajstić information content (AvgIpc) is 2.86. The van der Waals surface area contributed by atoms with Gasteiger partial charge in [0.05, 0.1) is 30.5 Å². The van der Waals surface area contributed by atoms with Gasteiger partial charge in [-0.3, -0.25) is 9.69 Å². The summed E-state index contributed by atoms with van der Waals surface area (Å²) in [7, 11) is 0. The van der Waals surface area contributed by atoms with Crippen molar-refractivity contribution in [3.63, 3.8) is 0 Å². The van der Waals surface area contributed by atoms with Crippen molar-refractivity contribution >= 4 is 0 Å². The van der Waals surface area contributed by atoms with Crippen molar-refractivity contribution in [2.45, 2.75) is 39.2 Å². The lowest BCUT2D eigenvalue weighted by Crippen LogP contribution is -2.39. The van der Waals surface area contributed by atoms with Gasteiger partial charge in [0.1, 0.15) is 5.82 Å². The summed E-state index contributed by atoms with van der Waals surface area (Å²) in [4.78, 5) is 23.4. The first kappa shape index (κ1) is 22.9. The predicted molar refractivity (Wildman–Crippen MR) is 129 cm³/mol. The third-order valence-corrected chi connectivity index (χ3v) is 6.27. The largest absolute Gasteiger partial charge is 0.379 e. The number of ether oxygens (including phenoxy) is 1. The van der Waals surface area contributed by atoms with Crippen LogP contribution in [0.4, 0.5) is 0 Å². The van der Waals surface area contributed by atoms with Crippen molar-refractivity contribution in [2.24, 2.45) is 0 Å². The Balaban J connectivity index is 1.65. The van der Waals surface area contributed by atoms with Gasteiger partial charge in [-0.2, -0.15) is 5.26 Å². The summed E-state index contributed by atoms with van der Waals surface area (Å²) >= 11 is 0. The highest BCUT2D eigenvalue weighted by Gasteiger charge is 2.24. The van der Waals surface area contributed by atoms with Crippen LogP contribution in [-0.4, -0.2) is 41.2 Å². The van der Waals surface area contributed by atoms with E-state index in [0.29, 0.717) is 25.2 Å². The molecule has 6 heteroatoms. The summed E-state index contributed by atoms with van der Waals surface area (Å²) in [5, 5.41) is 9.40. The number of nitriles is 1. The first-order valence-electron chi connectivity index (χ1n) is 11.6. The summed E-state index contributed by atoms with van der Waals surface area (Å²) in [6, 6.07) is 18.0. The zero-order chi connectivity index (χ0) is 23.2. The molecule has 1 aliphatic rings. The molecule has 0 bridgehead atoms. The second kappa shape index (κ2) is 10.6. The van der Waals surface area contributed by atoms with Crippen LogP contribution in [0.1, 0.15) is 54.5 Å². The van der Waals surface area contributed by atoms with E-state index in [1.165, 1.54) is 0 Å². The molecule has 1 atom stereocenters. The van der Waals surface area contributed by atoms with E-state index in [1.807, 2.05) is 48.5 Å². The lowest BCUT2D eigenvalue weighted by atomic mass is 9.96. The molecule has 0 radical (unpaired) electrons. The minimum absolute atomic E-state index is 0.0450. The number of hydrogen-bond donors (Lipinski definition) is 1. The Morgan fingerprint density at radius 3 is 2.58 bits per heavy atom. The fourth-order valence-corrected chi connectivity index (χ4v) is 4.41. The summed E-state index contributed by atoms with van der Waals surface area (Å²) in [6.45, 7) is 7.31. The van der Waals surface area contributed by atoms with Crippen LogP contribution in [-0.2, 0) is 17.6 Å². The molecule has 6 nitrogen and oxygen atoms in total. The highest BCUT2D eigenvalue weighted by molar-refractivity contribution is 5.70. The molecule has 0 saturated carbocycles. The Kier molecular flexibility index (Phi) is 7.33. The molecule has 33 heavy (non-hydrogen) atoms. The molecule has 1 fully saturated rings.